The molecule has 8 heteroatoms. The Labute approximate surface area is 121 Å². The number of amides is 1. The molecular formula is C13H16N6O2. The van der Waals surface area contributed by atoms with Gasteiger partial charge in [-0.15, -0.1) is 0 Å². The molecule has 1 unspecified atom stereocenters. The van der Waals surface area contributed by atoms with Crippen LogP contribution in [0.1, 0.15) is 41.2 Å². The van der Waals surface area contributed by atoms with Gasteiger partial charge in [-0.1, -0.05) is 5.16 Å². The second-order valence-corrected chi connectivity index (χ2v) is 5.37. The molecule has 1 saturated heterocycles. The number of rotatable bonds is 2. The summed E-state index contributed by atoms with van der Waals surface area (Å²) in [5.74, 6) is 1.33. The Hall–Kier alpha value is -2.22. The highest BCUT2D eigenvalue weighted by Gasteiger charge is 2.28. The zero-order valence-electron chi connectivity index (χ0n) is 11.5. The zero-order valence-corrected chi connectivity index (χ0v) is 11.5. The molecule has 21 heavy (non-hydrogen) atoms. The first-order chi connectivity index (χ1) is 10.3. The lowest BCUT2D eigenvalue weighted by Crippen LogP contribution is -2.38. The van der Waals surface area contributed by atoms with Gasteiger partial charge in [-0.2, -0.15) is 4.98 Å². The molecule has 0 aromatic carbocycles. The van der Waals surface area contributed by atoms with Gasteiger partial charge in [-0.05, 0) is 19.4 Å². The van der Waals surface area contributed by atoms with Gasteiger partial charge >= 0.3 is 0 Å². The first-order valence-corrected chi connectivity index (χ1v) is 7.17. The molecule has 8 nitrogen and oxygen atoms in total. The smallest absolute Gasteiger partial charge is 0.295 e. The van der Waals surface area contributed by atoms with Crippen LogP contribution in [0.15, 0.2) is 16.9 Å². The molecule has 0 spiro atoms. The molecule has 110 valence electrons. The molecule has 4 rings (SSSR count). The Bertz CT molecular complexity index is 657. The normalized spacial score (nSPS) is 21.5. The lowest BCUT2D eigenvalue weighted by Gasteiger charge is -2.26. The Balaban J connectivity index is 1.50. The number of hydrogen-bond acceptors (Lipinski definition) is 6. The monoisotopic (exact) mass is 288 g/mol. The molecule has 1 N–H and O–H groups in total. The van der Waals surface area contributed by atoms with Crippen LogP contribution < -0.4 is 5.32 Å². The van der Waals surface area contributed by atoms with E-state index in [0.717, 1.165) is 31.8 Å². The summed E-state index contributed by atoms with van der Waals surface area (Å²) in [5, 5.41) is 7.11. The summed E-state index contributed by atoms with van der Waals surface area (Å²) in [6.07, 6.45) is 5.74. The molecule has 0 radical (unpaired) electrons. The second-order valence-electron chi connectivity index (χ2n) is 5.37. The Morgan fingerprint density at radius 1 is 1.43 bits per heavy atom. The number of hydrogen-bond donors (Lipinski definition) is 1. The quantitative estimate of drug-likeness (QED) is 0.857. The fourth-order valence-electron chi connectivity index (χ4n) is 2.85. The van der Waals surface area contributed by atoms with Crippen LogP contribution in [0.4, 0.5) is 0 Å². The van der Waals surface area contributed by atoms with Gasteiger partial charge in [-0.25, -0.2) is 4.98 Å². The van der Waals surface area contributed by atoms with Crippen molar-refractivity contribution in [2.75, 3.05) is 13.1 Å². The van der Waals surface area contributed by atoms with Gasteiger partial charge in [0.1, 0.15) is 5.82 Å². The van der Waals surface area contributed by atoms with Crippen LogP contribution in [0.2, 0.25) is 0 Å². The van der Waals surface area contributed by atoms with E-state index in [1.54, 1.807) is 11.1 Å². The van der Waals surface area contributed by atoms with E-state index in [0.29, 0.717) is 19.0 Å². The van der Waals surface area contributed by atoms with E-state index in [1.165, 1.54) is 0 Å². The first-order valence-electron chi connectivity index (χ1n) is 7.17. The van der Waals surface area contributed by atoms with Gasteiger partial charge in [-0.3, -0.25) is 4.79 Å². The van der Waals surface area contributed by atoms with Crippen molar-refractivity contribution in [3.05, 3.63) is 29.9 Å². The number of carbonyl (C=O) groups excluding carboxylic acids is 1. The molecule has 2 aliphatic heterocycles. The van der Waals surface area contributed by atoms with Crippen LogP contribution in [-0.2, 0) is 13.1 Å². The fraction of sp³-hybridized carbons (Fsp3) is 0.538. The van der Waals surface area contributed by atoms with Gasteiger partial charge in [0.15, 0.2) is 0 Å². The maximum atomic E-state index is 12.4. The van der Waals surface area contributed by atoms with Crippen molar-refractivity contribution in [3.8, 4) is 0 Å². The van der Waals surface area contributed by atoms with Crippen LogP contribution in [0.5, 0.6) is 0 Å². The largest absolute Gasteiger partial charge is 0.337 e. The third kappa shape index (κ3) is 2.21. The average molecular weight is 288 g/mol. The average Bonchev–Trinajstić information content (AvgIpc) is 3.24. The van der Waals surface area contributed by atoms with Crippen LogP contribution in [0.25, 0.3) is 0 Å². The maximum Gasteiger partial charge on any atom is 0.295 e. The van der Waals surface area contributed by atoms with Gasteiger partial charge in [0.2, 0.25) is 5.89 Å². The SMILES string of the molecule is O=C(c1noc(C2CCCN2)n1)N1CCn2ccnc2C1. The van der Waals surface area contributed by atoms with E-state index in [1.807, 2.05) is 10.8 Å². The van der Waals surface area contributed by atoms with Gasteiger partial charge < -0.3 is 19.3 Å². The summed E-state index contributed by atoms with van der Waals surface area (Å²) >= 11 is 0. The van der Waals surface area contributed by atoms with E-state index in [-0.39, 0.29) is 17.8 Å². The molecule has 0 bridgehead atoms. The molecule has 4 heterocycles. The van der Waals surface area contributed by atoms with E-state index < -0.39 is 0 Å². The number of nitrogens with zero attached hydrogens (tertiary/aromatic N) is 5. The summed E-state index contributed by atoms with van der Waals surface area (Å²) in [5.41, 5.74) is 0. The zero-order chi connectivity index (χ0) is 14.2. The molecule has 0 aliphatic carbocycles. The third-order valence-electron chi connectivity index (χ3n) is 4.02. The summed E-state index contributed by atoms with van der Waals surface area (Å²) < 4.78 is 7.27. The van der Waals surface area contributed by atoms with Gasteiger partial charge in [0, 0.05) is 25.5 Å². The van der Waals surface area contributed by atoms with Gasteiger partial charge in [0.25, 0.3) is 11.7 Å². The van der Waals surface area contributed by atoms with E-state index in [9.17, 15) is 4.79 Å². The van der Waals surface area contributed by atoms with E-state index in [2.05, 4.69) is 20.4 Å². The number of carbonyl (C=O) groups is 1. The van der Waals surface area contributed by atoms with Crippen molar-refractivity contribution in [2.45, 2.75) is 32.0 Å². The number of aromatic nitrogens is 4. The highest BCUT2D eigenvalue weighted by Crippen LogP contribution is 2.21. The first kappa shape index (κ1) is 12.5. The van der Waals surface area contributed by atoms with Crippen LogP contribution in [0, 0.1) is 0 Å². The summed E-state index contributed by atoms with van der Waals surface area (Å²) in [6.45, 7) is 2.81. The van der Waals surface area contributed by atoms with Crippen molar-refractivity contribution >= 4 is 5.91 Å². The van der Waals surface area contributed by atoms with Crippen LogP contribution in [-0.4, -0.2) is 43.6 Å². The number of fused-ring (bicyclic) bond motifs is 1. The topological polar surface area (TPSA) is 89.1 Å². The lowest BCUT2D eigenvalue weighted by atomic mass is 10.2. The highest BCUT2D eigenvalue weighted by atomic mass is 16.5. The Morgan fingerprint density at radius 2 is 2.38 bits per heavy atom. The van der Waals surface area contributed by atoms with Crippen LogP contribution in [0.3, 0.4) is 0 Å². The molecule has 1 atom stereocenters. The highest BCUT2D eigenvalue weighted by molar-refractivity contribution is 5.90. The van der Waals surface area contributed by atoms with Crippen LogP contribution >= 0.6 is 0 Å². The number of nitrogens with one attached hydrogen (secondary N) is 1. The van der Waals surface area contributed by atoms with Crippen molar-refractivity contribution in [1.29, 1.82) is 0 Å². The lowest BCUT2D eigenvalue weighted by molar-refractivity contribution is 0.0691. The standard InChI is InChI=1S/C13H16N6O2/c20-13(19-7-6-18-5-4-15-10(18)8-19)11-16-12(21-17-11)9-2-1-3-14-9/h4-5,9,14H,1-3,6-8H2. The maximum absolute atomic E-state index is 12.4. The van der Waals surface area contributed by atoms with Gasteiger partial charge in [0.05, 0.1) is 12.6 Å². The summed E-state index contributed by atoms with van der Waals surface area (Å²) in [4.78, 5) is 22.6. The van der Waals surface area contributed by atoms with Crippen molar-refractivity contribution in [1.82, 2.24) is 29.9 Å². The van der Waals surface area contributed by atoms with Crippen molar-refractivity contribution < 1.29 is 9.32 Å². The minimum atomic E-state index is -0.197. The van der Waals surface area contributed by atoms with E-state index in [4.69, 9.17) is 4.52 Å². The molecular weight excluding hydrogens is 272 g/mol. The summed E-state index contributed by atoms with van der Waals surface area (Å²) in [7, 11) is 0. The molecule has 2 aliphatic rings. The third-order valence-corrected chi connectivity index (χ3v) is 4.02. The molecule has 1 amide bonds. The van der Waals surface area contributed by atoms with Crippen molar-refractivity contribution in [3.63, 3.8) is 0 Å². The molecule has 0 saturated carbocycles. The molecule has 2 aromatic heterocycles. The number of imidazole rings is 1. The minimum absolute atomic E-state index is 0.0827. The Kier molecular flexibility index (Phi) is 2.95. The predicted octanol–water partition coefficient (Wildman–Crippen LogP) is 0.347. The summed E-state index contributed by atoms with van der Waals surface area (Å²) in [6, 6.07) is 0.0827. The predicted molar refractivity (Wildman–Crippen MR) is 71.2 cm³/mol. The Morgan fingerprint density at radius 3 is 3.24 bits per heavy atom. The van der Waals surface area contributed by atoms with E-state index >= 15 is 0 Å². The van der Waals surface area contributed by atoms with Crippen molar-refractivity contribution in [2.24, 2.45) is 0 Å². The molecule has 1 fully saturated rings. The fourth-order valence-corrected chi connectivity index (χ4v) is 2.85. The minimum Gasteiger partial charge on any atom is -0.337 e. The molecule has 2 aromatic rings. The second kappa shape index (κ2) is 4.96.